The maximum Gasteiger partial charge on any atom is 0.192 e. The van der Waals surface area contributed by atoms with E-state index in [2.05, 4.69) is 60.7 Å². The van der Waals surface area contributed by atoms with Gasteiger partial charge in [0, 0.05) is 5.41 Å². The lowest BCUT2D eigenvalue weighted by atomic mass is 9.61. The molecule has 0 saturated heterocycles. The third-order valence-electron chi connectivity index (χ3n) is 6.33. The predicted octanol–water partition coefficient (Wildman–Crippen LogP) is 5.92. The van der Waals surface area contributed by atoms with Crippen LogP contribution < -0.4 is 0 Å². The van der Waals surface area contributed by atoms with Crippen LogP contribution in [0.3, 0.4) is 0 Å². The van der Waals surface area contributed by atoms with Gasteiger partial charge >= 0.3 is 0 Å². The minimum atomic E-state index is -1.67. The number of hydrogen-bond donors (Lipinski definition) is 0. The molecule has 0 amide bonds. The first kappa shape index (κ1) is 16.3. The second kappa shape index (κ2) is 4.71. The van der Waals surface area contributed by atoms with Crippen molar-refractivity contribution in [1.29, 1.82) is 0 Å². The minimum Gasteiger partial charge on any atom is -0.413 e. The van der Waals surface area contributed by atoms with Gasteiger partial charge in [-0.15, -0.1) is 0 Å². The molecule has 2 heteroatoms. The zero-order chi connectivity index (χ0) is 15.4. The van der Waals surface area contributed by atoms with Crippen LogP contribution >= 0.6 is 0 Å². The van der Waals surface area contributed by atoms with Crippen LogP contribution in [0.25, 0.3) is 0 Å². The van der Waals surface area contributed by atoms with Gasteiger partial charge in [-0.25, -0.2) is 0 Å². The Morgan fingerprint density at radius 3 is 2.30 bits per heavy atom. The van der Waals surface area contributed by atoms with E-state index >= 15 is 0 Å². The Labute approximate surface area is 127 Å². The Morgan fingerprint density at radius 2 is 1.75 bits per heavy atom. The predicted molar refractivity (Wildman–Crippen MR) is 90.5 cm³/mol. The molecule has 0 unspecified atom stereocenters. The molecule has 0 aliphatic heterocycles. The monoisotopic (exact) mass is 294 g/mol. The number of rotatable bonds is 2. The van der Waals surface area contributed by atoms with Crippen molar-refractivity contribution in [2.45, 2.75) is 91.5 Å². The summed E-state index contributed by atoms with van der Waals surface area (Å²) in [5, 5.41) is 0.302. The molecule has 2 rings (SSSR count). The summed E-state index contributed by atoms with van der Waals surface area (Å²) in [6, 6.07) is 0. The molecular formula is C18H34OSi. The fourth-order valence-corrected chi connectivity index (χ4v) is 5.40. The maximum atomic E-state index is 6.82. The highest BCUT2D eigenvalue weighted by molar-refractivity contribution is 6.74. The van der Waals surface area contributed by atoms with E-state index in [-0.39, 0.29) is 5.41 Å². The summed E-state index contributed by atoms with van der Waals surface area (Å²) in [4.78, 5) is 0. The molecule has 20 heavy (non-hydrogen) atoms. The van der Waals surface area contributed by atoms with Gasteiger partial charge in [0.05, 0.1) is 6.10 Å². The van der Waals surface area contributed by atoms with Crippen molar-refractivity contribution >= 4 is 8.32 Å². The molecule has 1 saturated carbocycles. The second-order valence-corrected chi connectivity index (χ2v) is 14.1. The third kappa shape index (κ3) is 2.54. The molecular weight excluding hydrogens is 260 g/mol. The van der Waals surface area contributed by atoms with E-state index in [9.17, 15) is 0 Å². The summed E-state index contributed by atoms with van der Waals surface area (Å²) in [7, 11) is -1.67. The summed E-state index contributed by atoms with van der Waals surface area (Å²) in [6.07, 6.45) is 8.04. The molecule has 2 atom stereocenters. The van der Waals surface area contributed by atoms with E-state index in [1.807, 2.05) is 0 Å². The topological polar surface area (TPSA) is 9.23 Å². The molecule has 0 aromatic heterocycles. The van der Waals surface area contributed by atoms with Crippen LogP contribution in [0.1, 0.15) is 67.2 Å². The molecule has 2 aliphatic rings. The van der Waals surface area contributed by atoms with Gasteiger partial charge < -0.3 is 4.43 Å². The second-order valence-electron chi connectivity index (χ2n) is 9.38. The van der Waals surface area contributed by atoms with Crippen LogP contribution in [0, 0.1) is 10.8 Å². The van der Waals surface area contributed by atoms with Gasteiger partial charge in [0.2, 0.25) is 0 Å². The zero-order valence-corrected chi connectivity index (χ0v) is 15.9. The summed E-state index contributed by atoms with van der Waals surface area (Å²) in [6.45, 7) is 19.1. The molecule has 0 spiro atoms. The molecule has 0 bridgehead atoms. The molecule has 0 heterocycles. The Balaban J connectivity index is 2.22. The first-order valence-corrected chi connectivity index (χ1v) is 11.2. The average Bonchev–Trinajstić information content (AvgIpc) is 2.54. The highest BCUT2D eigenvalue weighted by Gasteiger charge is 2.52. The normalized spacial score (nSPS) is 33.8. The first-order valence-electron chi connectivity index (χ1n) is 8.29. The molecule has 1 fully saturated rings. The number of fused-ring (bicyclic) bond motifs is 1. The molecule has 0 radical (unpaired) electrons. The van der Waals surface area contributed by atoms with Crippen molar-refractivity contribution < 1.29 is 4.43 Å². The summed E-state index contributed by atoms with van der Waals surface area (Å²) in [5.74, 6) is 0. The van der Waals surface area contributed by atoms with Crippen LogP contribution in [-0.2, 0) is 4.43 Å². The molecule has 1 nitrogen and oxygen atoms in total. The van der Waals surface area contributed by atoms with E-state index in [4.69, 9.17) is 4.43 Å². The zero-order valence-electron chi connectivity index (χ0n) is 14.9. The summed E-state index contributed by atoms with van der Waals surface area (Å²) < 4.78 is 6.82. The van der Waals surface area contributed by atoms with E-state index in [1.54, 1.807) is 5.57 Å². The lowest BCUT2D eigenvalue weighted by Gasteiger charge is -2.49. The summed E-state index contributed by atoms with van der Waals surface area (Å²) >= 11 is 0. The van der Waals surface area contributed by atoms with Gasteiger partial charge in [-0.05, 0) is 42.8 Å². The molecule has 0 N–H and O–H groups in total. The fraction of sp³-hybridized carbons (Fsp3) is 0.889. The van der Waals surface area contributed by atoms with Crippen LogP contribution in [-0.4, -0.2) is 14.4 Å². The van der Waals surface area contributed by atoms with Crippen molar-refractivity contribution in [3.8, 4) is 0 Å². The number of hydrogen-bond acceptors (Lipinski definition) is 1. The quantitative estimate of drug-likeness (QED) is 0.453. The van der Waals surface area contributed by atoms with Gasteiger partial charge in [-0.2, -0.15) is 0 Å². The average molecular weight is 295 g/mol. The van der Waals surface area contributed by atoms with Crippen LogP contribution in [0.15, 0.2) is 11.6 Å². The lowest BCUT2D eigenvalue weighted by Crippen LogP contribution is -2.49. The van der Waals surface area contributed by atoms with Crippen molar-refractivity contribution in [2.75, 3.05) is 0 Å². The highest BCUT2D eigenvalue weighted by atomic mass is 28.4. The van der Waals surface area contributed by atoms with Crippen molar-refractivity contribution in [3.63, 3.8) is 0 Å². The van der Waals surface area contributed by atoms with Gasteiger partial charge in [-0.3, -0.25) is 0 Å². The minimum absolute atomic E-state index is 0.289. The SMILES string of the molecule is CC1(C)CCC[C@@]2(C)C1=CC[C@@H]2O[Si](C)(C)C(C)(C)C. The van der Waals surface area contributed by atoms with Crippen LogP contribution in [0.2, 0.25) is 18.1 Å². The molecule has 0 aromatic carbocycles. The van der Waals surface area contributed by atoms with Gasteiger partial charge in [-0.1, -0.05) is 59.6 Å². The third-order valence-corrected chi connectivity index (χ3v) is 10.8. The fourth-order valence-electron chi connectivity index (χ4n) is 3.98. The van der Waals surface area contributed by atoms with E-state index < -0.39 is 8.32 Å². The molecule has 116 valence electrons. The van der Waals surface area contributed by atoms with Gasteiger partial charge in [0.1, 0.15) is 0 Å². The van der Waals surface area contributed by atoms with Gasteiger partial charge in [0.25, 0.3) is 0 Å². The Bertz CT molecular complexity index is 414. The highest BCUT2D eigenvalue weighted by Crippen LogP contribution is 2.58. The Hall–Kier alpha value is -0.0831. The Kier molecular flexibility index (Phi) is 3.83. The van der Waals surface area contributed by atoms with Crippen molar-refractivity contribution in [3.05, 3.63) is 11.6 Å². The van der Waals surface area contributed by atoms with Crippen molar-refractivity contribution in [2.24, 2.45) is 10.8 Å². The largest absolute Gasteiger partial charge is 0.413 e. The summed E-state index contributed by atoms with van der Waals surface area (Å²) in [5.41, 5.74) is 2.34. The van der Waals surface area contributed by atoms with E-state index in [0.29, 0.717) is 16.6 Å². The van der Waals surface area contributed by atoms with Crippen molar-refractivity contribution in [1.82, 2.24) is 0 Å². The standard InChI is InChI=1S/C18H34OSi/c1-16(2,3)20(7,8)19-15-11-10-14-17(4,5)12-9-13-18(14,15)6/h10,15H,9,11-13H2,1-8H3/t15-,18-/m0/s1. The Morgan fingerprint density at radius 1 is 1.15 bits per heavy atom. The van der Waals surface area contributed by atoms with Gasteiger partial charge in [0.15, 0.2) is 8.32 Å². The lowest BCUT2D eigenvalue weighted by molar-refractivity contribution is 0.0508. The maximum absolute atomic E-state index is 6.82. The van der Waals surface area contributed by atoms with E-state index in [1.165, 1.54) is 19.3 Å². The van der Waals surface area contributed by atoms with Crippen LogP contribution in [0.4, 0.5) is 0 Å². The van der Waals surface area contributed by atoms with E-state index in [0.717, 1.165) is 6.42 Å². The van der Waals surface area contributed by atoms with Crippen LogP contribution in [0.5, 0.6) is 0 Å². The molecule has 0 aromatic rings. The smallest absolute Gasteiger partial charge is 0.192 e. The first-order chi connectivity index (χ1) is 8.90. The molecule has 2 aliphatic carbocycles.